The molecular weight excluding hydrogens is 432 g/mol. The highest BCUT2D eigenvalue weighted by atomic mass is 32.2. The first kappa shape index (κ1) is 24.7. The van der Waals surface area contributed by atoms with Crippen LogP contribution < -0.4 is 4.90 Å². The van der Waals surface area contributed by atoms with Crippen molar-refractivity contribution in [3.05, 3.63) is 87.5 Å². The van der Waals surface area contributed by atoms with Gasteiger partial charge < -0.3 is 4.90 Å². The van der Waals surface area contributed by atoms with E-state index in [2.05, 4.69) is 61.5 Å². The molecule has 0 aromatic heterocycles. The molecule has 0 bridgehead atoms. The number of hydrogen-bond donors (Lipinski definition) is 1. The van der Waals surface area contributed by atoms with Crippen molar-refractivity contribution in [1.29, 1.82) is 0 Å². The maximum Gasteiger partial charge on any atom is 0.295 e. The highest BCUT2D eigenvalue weighted by molar-refractivity contribution is 7.86. The molecule has 0 fully saturated rings. The molecule has 6 heteroatoms. The molecule has 0 spiro atoms. The largest absolute Gasteiger partial charge is 0.377 e. The van der Waals surface area contributed by atoms with Gasteiger partial charge in [0.05, 0.1) is 0 Å². The number of nitrogens with zero attached hydrogens (tertiary/aromatic N) is 2. The molecule has 33 heavy (non-hydrogen) atoms. The lowest BCUT2D eigenvalue weighted by Gasteiger charge is -2.23. The van der Waals surface area contributed by atoms with Crippen molar-refractivity contribution in [3.8, 4) is 0 Å². The molecule has 174 valence electrons. The average Bonchev–Trinajstić information content (AvgIpc) is 2.66. The smallest absolute Gasteiger partial charge is 0.295 e. The summed E-state index contributed by atoms with van der Waals surface area (Å²) in [6, 6.07) is 10.8. The number of benzene rings is 2. The van der Waals surface area contributed by atoms with Crippen LogP contribution in [0.2, 0.25) is 0 Å². The molecule has 1 aliphatic rings. The van der Waals surface area contributed by atoms with E-state index in [1.807, 2.05) is 28.2 Å². The van der Waals surface area contributed by atoms with Crippen LogP contribution in [-0.4, -0.2) is 51.4 Å². The van der Waals surface area contributed by atoms with Crippen molar-refractivity contribution < 1.29 is 17.5 Å². The molecule has 0 radical (unpaired) electrons. The van der Waals surface area contributed by atoms with Crippen LogP contribution in [0.25, 0.3) is 5.57 Å². The van der Waals surface area contributed by atoms with Gasteiger partial charge in [0.2, 0.25) is 5.71 Å². The van der Waals surface area contributed by atoms with E-state index in [0.29, 0.717) is 5.56 Å². The third kappa shape index (κ3) is 4.87. The van der Waals surface area contributed by atoms with Gasteiger partial charge in [0.1, 0.15) is 19.0 Å². The Bertz CT molecular complexity index is 1310. The second-order valence-electron chi connectivity index (χ2n) is 9.05. The predicted molar refractivity (Wildman–Crippen MR) is 137 cm³/mol. The van der Waals surface area contributed by atoms with Crippen LogP contribution in [0.5, 0.6) is 0 Å². The summed E-state index contributed by atoms with van der Waals surface area (Å²) in [5.74, 6) is 0. The number of hydrogen-bond acceptors (Lipinski definition) is 3. The Labute approximate surface area is 197 Å². The average molecular weight is 466 g/mol. The van der Waals surface area contributed by atoms with Gasteiger partial charge in [0, 0.05) is 36.5 Å². The first-order valence-corrected chi connectivity index (χ1v) is 12.3. The Morgan fingerprint density at radius 3 is 1.88 bits per heavy atom. The molecule has 0 atom stereocenters. The van der Waals surface area contributed by atoms with E-state index in [-0.39, 0.29) is 4.90 Å². The minimum Gasteiger partial charge on any atom is -0.377 e. The van der Waals surface area contributed by atoms with Gasteiger partial charge in [-0.3, -0.25) is 4.55 Å². The standard InChI is InChI=1S/C27H32N2O3S/c1-17-13-21(14-18(2)26(17)28(5)6)25(23-11-9-10-12-24(23)33(30,31)32)22-15-19(3)27(29(7)8)20(4)16-22/h9-16H,1-8H3/p+1. The third-order valence-corrected chi connectivity index (χ3v) is 6.80. The number of anilines is 1. The lowest BCUT2D eigenvalue weighted by atomic mass is 9.85. The van der Waals surface area contributed by atoms with Gasteiger partial charge in [-0.2, -0.15) is 8.42 Å². The van der Waals surface area contributed by atoms with E-state index in [1.54, 1.807) is 18.2 Å². The predicted octanol–water partition coefficient (Wildman–Crippen LogP) is 5.04. The Balaban J connectivity index is 2.47. The SMILES string of the molecule is CC1=CC(=C(c2cc(C)c(N(C)C)c(C)c2)c2ccccc2S(=O)(=O)O)C=C(C)C1=[N+](C)C. The van der Waals surface area contributed by atoms with Gasteiger partial charge in [-0.05, 0) is 85.9 Å². The molecule has 1 aliphatic carbocycles. The second kappa shape index (κ2) is 9.12. The maximum atomic E-state index is 12.3. The van der Waals surface area contributed by atoms with Crippen LogP contribution in [0.1, 0.15) is 36.1 Å². The molecule has 1 N–H and O–H groups in total. The van der Waals surface area contributed by atoms with E-state index in [1.165, 1.54) is 6.07 Å². The van der Waals surface area contributed by atoms with Gasteiger partial charge in [0.15, 0.2) is 0 Å². The molecule has 2 aromatic carbocycles. The van der Waals surface area contributed by atoms with Crippen LogP contribution in [0.4, 0.5) is 5.69 Å². The number of allylic oxidation sites excluding steroid dienone is 5. The molecule has 0 saturated heterocycles. The van der Waals surface area contributed by atoms with E-state index in [0.717, 1.165) is 50.4 Å². The van der Waals surface area contributed by atoms with Crippen molar-refractivity contribution in [3.63, 3.8) is 0 Å². The Morgan fingerprint density at radius 1 is 0.909 bits per heavy atom. The van der Waals surface area contributed by atoms with Gasteiger partial charge in [0.25, 0.3) is 10.1 Å². The summed E-state index contributed by atoms with van der Waals surface area (Å²) in [4.78, 5) is 1.99. The summed E-state index contributed by atoms with van der Waals surface area (Å²) in [5.41, 5.74) is 9.71. The molecule has 0 aliphatic heterocycles. The van der Waals surface area contributed by atoms with Gasteiger partial charge in [-0.15, -0.1) is 0 Å². The molecule has 5 nitrogen and oxygen atoms in total. The monoisotopic (exact) mass is 465 g/mol. The molecule has 0 heterocycles. The first-order chi connectivity index (χ1) is 15.3. The first-order valence-electron chi connectivity index (χ1n) is 10.8. The zero-order chi connectivity index (χ0) is 24.7. The Morgan fingerprint density at radius 2 is 1.42 bits per heavy atom. The maximum absolute atomic E-state index is 12.3. The fourth-order valence-corrected chi connectivity index (χ4v) is 5.69. The van der Waals surface area contributed by atoms with Gasteiger partial charge >= 0.3 is 0 Å². The van der Waals surface area contributed by atoms with Crippen molar-refractivity contribution in [2.45, 2.75) is 32.6 Å². The summed E-state index contributed by atoms with van der Waals surface area (Å²) in [7, 11) is 3.64. The third-order valence-electron chi connectivity index (χ3n) is 5.89. The van der Waals surface area contributed by atoms with E-state index in [4.69, 9.17) is 0 Å². The number of aryl methyl sites for hydroxylation is 2. The Hall–Kier alpha value is -2.96. The quantitative estimate of drug-likeness (QED) is 0.508. The summed E-state index contributed by atoms with van der Waals surface area (Å²) in [6.45, 7) is 8.24. The van der Waals surface area contributed by atoms with E-state index < -0.39 is 10.1 Å². The zero-order valence-electron chi connectivity index (χ0n) is 20.7. The minimum absolute atomic E-state index is 0.0982. The summed E-state index contributed by atoms with van der Waals surface area (Å²) in [5, 5.41) is 0. The van der Waals surface area contributed by atoms with Crippen LogP contribution in [0.3, 0.4) is 0 Å². The fraction of sp³-hybridized carbons (Fsp3) is 0.296. The molecule has 3 rings (SSSR count). The van der Waals surface area contributed by atoms with Crippen molar-refractivity contribution in [1.82, 2.24) is 0 Å². The van der Waals surface area contributed by atoms with Crippen molar-refractivity contribution in [2.24, 2.45) is 0 Å². The summed E-state index contributed by atoms with van der Waals surface area (Å²) in [6.07, 6.45) is 4.17. The van der Waals surface area contributed by atoms with E-state index in [9.17, 15) is 13.0 Å². The minimum atomic E-state index is -4.42. The molecule has 0 saturated carbocycles. The van der Waals surface area contributed by atoms with E-state index >= 15 is 0 Å². The fourth-order valence-electron chi connectivity index (χ4n) is 4.99. The second-order valence-corrected chi connectivity index (χ2v) is 10.4. The van der Waals surface area contributed by atoms with Gasteiger partial charge in [-0.1, -0.05) is 18.2 Å². The highest BCUT2D eigenvalue weighted by Crippen LogP contribution is 2.38. The van der Waals surface area contributed by atoms with Crippen molar-refractivity contribution >= 4 is 27.1 Å². The molecule has 0 unspecified atom stereocenters. The zero-order valence-corrected chi connectivity index (χ0v) is 21.5. The Kier molecular flexibility index (Phi) is 6.82. The van der Waals surface area contributed by atoms with Crippen LogP contribution >= 0.6 is 0 Å². The van der Waals surface area contributed by atoms with Crippen molar-refractivity contribution in [2.75, 3.05) is 33.1 Å². The van der Waals surface area contributed by atoms with Crippen LogP contribution in [0, 0.1) is 13.8 Å². The van der Waals surface area contributed by atoms with Gasteiger partial charge in [-0.25, -0.2) is 4.58 Å². The highest BCUT2D eigenvalue weighted by Gasteiger charge is 2.25. The molecule has 2 aromatic rings. The summed E-state index contributed by atoms with van der Waals surface area (Å²) >= 11 is 0. The lowest BCUT2D eigenvalue weighted by Crippen LogP contribution is -2.19. The van der Waals surface area contributed by atoms with Crippen LogP contribution in [0.15, 0.2) is 70.2 Å². The topological polar surface area (TPSA) is 60.6 Å². The molecule has 0 amide bonds. The molecular formula is C27H33N2O3S+. The van der Waals surface area contributed by atoms with Crippen LogP contribution in [-0.2, 0) is 10.1 Å². The summed E-state index contributed by atoms with van der Waals surface area (Å²) < 4.78 is 36.7. The number of rotatable bonds is 4. The lowest BCUT2D eigenvalue weighted by molar-refractivity contribution is -0.463. The normalized spacial score (nSPS) is 14.1.